The third-order valence-corrected chi connectivity index (χ3v) is 3.70. The van der Waals surface area contributed by atoms with Crippen LogP contribution in [0.15, 0.2) is 47.3 Å². The Morgan fingerprint density at radius 1 is 1.11 bits per heavy atom. The number of carboxylic acid groups (broad SMARTS) is 1. The van der Waals surface area contributed by atoms with E-state index in [4.69, 9.17) is 0 Å². The molecule has 0 spiro atoms. The van der Waals surface area contributed by atoms with Crippen LogP contribution in [0.5, 0.6) is 5.75 Å². The highest BCUT2D eigenvalue weighted by atomic mass is 19.4. The van der Waals surface area contributed by atoms with E-state index < -0.39 is 46.6 Å². The Bertz CT molecular complexity index is 1110. The van der Waals surface area contributed by atoms with Gasteiger partial charge in [-0.15, -0.1) is 13.2 Å². The van der Waals surface area contributed by atoms with Crippen molar-refractivity contribution in [2.24, 2.45) is 0 Å². The van der Waals surface area contributed by atoms with Crippen LogP contribution < -0.4 is 10.2 Å². The van der Waals surface area contributed by atoms with E-state index in [0.29, 0.717) is 0 Å². The predicted octanol–water partition coefficient (Wildman–Crippen LogP) is 3.92. The SMILES string of the molecule is O=C(O)c1nn(-c2ccc(OC(F)(F)F)cc2)c2cccc(C(F)F)c2c1=O. The minimum atomic E-state index is -4.91. The maximum Gasteiger partial charge on any atom is 0.573 e. The molecule has 0 saturated carbocycles. The molecular weight excluding hydrogens is 391 g/mol. The number of carboxylic acids is 1. The van der Waals surface area contributed by atoms with Gasteiger partial charge in [0.05, 0.1) is 16.6 Å². The summed E-state index contributed by atoms with van der Waals surface area (Å²) in [7, 11) is 0. The molecule has 3 aromatic rings. The summed E-state index contributed by atoms with van der Waals surface area (Å²) in [5, 5.41) is 12.3. The van der Waals surface area contributed by atoms with Crippen LogP contribution >= 0.6 is 0 Å². The number of halogens is 5. The van der Waals surface area contributed by atoms with Gasteiger partial charge >= 0.3 is 12.3 Å². The number of alkyl halides is 5. The van der Waals surface area contributed by atoms with Gasteiger partial charge in [0, 0.05) is 5.56 Å². The van der Waals surface area contributed by atoms with Crippen molar-refractivity contribution in [2.75, 3.05) is 0 Å². The highest BCUT2D eigenvalue weighted by molar-refractivity contribution is 5.92. The first-order chi connectivity index (χ1) is 13.1. The lowest BCUT2D eigenvalue weighted by atomic mass is 10.1. The number of benzene rings is 2. The van der Waals surface area contributed by atoms with Crippen LogP contribution in [0.1, 0.15) is 22.5 Å². The molecule has 0 aliphatic heterocycles. The lowest BCUT2D eigenvalue weighted by molar-refractivity contribution is -0.274. The molecule has 146 valence electrons. The minimum absolute atomic E-state index is 0.0356. The third kappa shape index (κ3) is 3.63. The van der Waals surface area contributed by atoms with E-state index in [1.165, 1.54) is 12.1 Å². The standard InChI is InChI=1S/C17H9F5N2O4/c18-15(19)10-2-1-3-11-12(10)14(25)13(16(26)27)23-24(11)8-4-6-9(7-5-8)28-17(20,21)22/h1-7,15H,(H,26,27). The average molecular weight is 400 g/mol. The number of rotatable bonds is 4. The van der Waals surface area contributed by atoms with Crippen LogP contribution in [-0.4, -0.2) is 27.2 Å². The van der Waals surface area contributed by atoms with Crippen molar-refractivity contribution < 1.29 is 36.6 Å². The van der Waals surface area contributed by atoms with Gasteiger partial charge in [-0.25, -0.2) is 18.3 Å². The minimum Gasteiger partial charge on any atom is -0.476 e. The summed E-state index contributed by atoms with van der Waals surface area (Å²) in [4.78, 5) is 23.7. The summed E-state index contributed by atoms with van der Waals surface area (Å²) >= 11 is 0. The zero-order valence-electron chi connectivity index (χ0n) is 13.6. The average Bonchev–Trinajstić information content (AvgIpc) is 2.61. The molecule has 0 bridgehead atoms. The number of fused-ring (bicyclic) bond motifs is 1. The first-order valence-electron chi connectivity index (χ1n) is 7.52. The fourth-order valence-corrected chi connectivity index (χ4v) is 2.61. The molecule has 6 nitrogen and oxygen atoms in total. The molecular formula is C17H9F5N2O4. The first kappa shape index (κ1) is 19.3. The molecule has 0 aliphatic carbocycles. The second-order valence-electron chi connectivity index (χ2n) is 5.48. The van der Waals surface area contributed by atoms with Crippen LogP contribution in [0.3, 0.4) is 0 Å². The Hall–Kier alpha value is -3.50. The van der Waals surface area contributed by atoms with Crippen molar-refractivity contribution in [1.29, 1.82) is 0 Å². The largest absolute Gasteiger partial charge is 0.573 e. The van der Waals surface area contributed by atoms with Crippen molar-refractivity contribution >= 4 is 16.9 Å². The fourth-order valence-electron chi connectivity index (χ4n) is 2.61. The molecule has 28 heavy (non-hydrogen) atoms. The quantitative estimate of drug-likeness (QED) is 0.672. The summed E-state index contributed by atoms with van der Waals surface area (Å²) in [6.45, 7) is 0. The highest BCUT2D eigenvalue weighted by Gasteiger charge is 2.31. The maximum atomic E-state index is 13.3. The molecule has 2 aromatic carbocycles. The van der Waals surface area contributed by atoms with Crippen molar-refractivity contribution in [3.8, 4) is 11.4 Å². The predicted molar refractivity (Wildman–Crippen MR) is 85.9 cm³/mol. The topological polar surface area (TPSA) is 81.4 Å². The van der Waals surface area contributed by atoms with Gasteiger partial charge in [-0.1, -0.05) is 12.1 Å². The summed E-state index contributed by atoms with van der Waals surface area (Å²) in [6.07, 6.45) is -7.97. The van der Waals surface area contributed by atoms with E-state index in [2.05, 4.69) is 9.84 Å². The second-order valence-corrected chi connectivity index (χ2v) is 5.48. The van der Waals surface area contributed by atoms with Crippen LogP contribution in [0.4, 0.5) is 22.0 Å². The normalized spacial score (nSPS) is 11.8. The lowest BCUT2D eigenvalue weighted by Crippen LogP contribution is -2.23. The first-order valence-corrected chi connectivity index (χ1v) is 7.52. The number of aromatic nitrogens is 2. The zero-order valence-corrected chi connectivity index (χ0v) is 13.6. The van der Waals surface area contributed by atoms with Crippen molar-refractivity contribution in [3.63, 3.8) is 0 Å². The van der Waals surface area contributed by atoms with E-state index >= 15 is 0 Å². The smallest absolute Gasteiger partial charge is 0.476 e. The van der Waals surface area contributed by atoms with E-state index in [1.807, 2.05) is 0 Å². The van der Waals surface area contributed by atoms with Crippen molar-refractivity contribution in [2.45, 2.75) is 12.8 Å². The Morgan fingerprint density at radius 3 is 2.29 bits per heavy atom. The number of hydrogen-bond acceptors (Lipinski definition) is 4. The van der Waals surface area contributed by atoms with Crippen molar-refractivity contribution in [3.05, 3.63) is 63.9 Å². The highest BCUT2D eigenvalue weighted by Crippen LogP contribution is 2.28. The van der Waals surface area contributed by atoms with Gasteiger partial charge in [-0.05, 0) is 30.3 Å². The van der Waals surface area contributed by atoms with Crippen LogP contribution in [0.25, 0.3) is 16.6 Å². The summed E-state index contributed by atoms with van der Waals surface area (Å²) < 4.78 is 68.1. The molecule has 1 heterocycles. The van der Waals surface area contributed by atoms with Crippen molar-refractivity contribution in [1.82, 2.24) is 9.78 Å². The van der Waals surface area contributed by atoms with Crippen LogP contribution in [-0.2, 0) is 0 Å². The summed E-state index contributed by atoms with van der Waals surface area (Å²) in [5.74, 6) is -2.28. The zero-order chi connectivity index (χ0) is 20.6. The molecule has 0 aliphatic rings. The van der Waals surface area contributed by atoms with Gasteiger partial charge in [0.2, 0.25) is 11.1 Å². The fraction of sp³-hybridized carbons (Fsp3) is 0.118. The lowest BCUT2D eigenvalue weighted by Gasteiger charge is -2.14. The third-order valence-electron chi connectivity index (χ3n) is 3.70. The molecule has 0 unspecified atom stereocenters. The number of ether oxygens (including phenoxy) is 1. The molecule has 0 saturated heterocycles. The maximum absolute atomic E-state index is 13.3. The van der Waals surface area contributed by atoms with Gasteiger partial charge in [-0.3, -0.25) is 4.79 Å². The number of nitrogens with zero attached hydrogens (tertiary/aromatic N) is 2. The molecule has 0 radical (unpaired) electrons. The molecule has 0 atom stereocenters. The van der Waals surface area contributed by atoms with E-state index in [1.54, 1.807) is 0 Å². The molecule has 1 N–H and O–H groups in total. The number of aromatic carboxylic acids is 1. The van der Waals surface area contributed by atoms with Crippen LogP contribution in [0.2, 0.25) is 0 Å². The Labute approximate surface area is 152 Å². The molecule has 11 heteroatoms. The van der Waals surface area contributed by atoms with Gasteiger partial charge in [0.25, 0.3) is 6.43 Å². The monoisotopic (exact) mass is 400 g/mol. The molecule has 3 rings (SSSR count). The molecule has 0 amide bonds. The van der Waals surface area contributed by atoms with Gasteiger partial charge < -0.3 is 9.84 Å². The molecule has 0 fully saturated rings. The van der Waals surface area contributed by atoms with E-state index in [0.717, 1.165) is 35.0 Å². The number of hydrogen-bond donors (Lipinski definition) is 1. The van der Waals surface area contributed by atoms with Crippen LogP contribution in [0, 0.1) is 0 Å². The van der Waals surface area contributed by atoms with Gasteiger partial charge in [0.15, 0.2) is 0 Å². The Kier molecular flexibility index (Phi) is 4.75. The Balaban J connectivity index is 2.26. The van der Waals surface area contributed by atoms with Gasteiger partial charge in [-0.2, -0.15) is 5.10 Å². The Morgan fingerprint density at radius 2 is 1.75 bits per heavy atom. The summed E-state index contributed by atoms with van der Waals surface area (Å²) in [5.41, 5.74) is -2.97. The van der Waals surface area contributed by atoms with E-state index in [-0.39, 0.29) is 11.2 Å². The second kappa shape index (κ2) is 6.91. The number of carbonyl (C=O) groups is 1. The van der Waals surface area contributed by atoms with E-state index in [9.17, 15) is 36.6 Å². The van der Waals surface area contributed by atoms with Gasteiger partial charge in [0.1, 0.15) is 5.75 Å². The molecule has 1 aromatic heterocycles. The summed E-state index contributed by atoms with van der Waals surface area (Å²) in [6, 6.07) is 7.56.